The van der Waals surface area contributed by atoms with Crippen LogP contribution in [0.5, 0.6) is 0 Å². The number of amides is 1. The minimum Gasteiger partial charge on any atom is -0.441 e. The fourth-order valence-electron chi connectivity index (χ4n) is 3.47. The number of aliphatic hydroxyl groups excluding tert-OH is 2. The van der Waals surface area contributed by atoms with E-state index in [-0.39, 0.29) is 25.0 Å². The number of hydrogen-bond donors (Lipinski definition) is 3. The van der Waals surface area contributed by atoms with Crippen LogP contribution in [0.25, 0.3) is 11.5 Å². The summed E-state index contributed by atoms with van der Waals surface area (Å²) in [5, 5.41) is 22.5. The van der Waals surface area contributed by atoms with E-state index >= 15 is 0 Å². The van der Waals surface area contributed by atoms with E-state index in [0.717, 1.165) is 5.56 Å². The van der Waals surface area contributed by atoms with E-state index in [0.29, 0.717) is 43.5 Å². The van der Waals surface area contributed by atoms with Crippen molar-refractivity contribution in [3.8, 4) is 11.5 Å². The third-order valence-electron chi connectivity index (χ3n) is 5.12. The van der Waals surface area contributed by atoms with Crippen molar-refractivity contribution in [2.75, 3.05) is 33.4 Å². The Hall–Kier alpha value is -2.26. The van der Waals surface area contributed by atoms with Crippen molar-refractivity contribution >= 4 is 5.91 Å². The number of nitrogens with zero attached hydrogens (tertiary/aromatic N) is 2. The number of carbonyl (C=O) groups is 1. The van der Waals surface area contributed by atoms with Crippen molar-refractivity contribution in [2.24, 2.45) is 0 Å². The van der Waals surface area contributed by atoms with Crippen LogP contribution in [0.4, 0.5) is 0 Å². The standard InChI is InChI=1S/C21H29N3O5/c1-14-17(23-21(29-14)15-6-4-3-5-7-15)12-19(26)22-16-8-11-28-18(20(16)27)13-24(2)9-10-25/h3-7,16,18,20,25,27H,8-13H2,1-2H3,(H,22,26)/t16-,18+,20-/m0/s1. The minimum atomic E-state index is -0.813. The smallest absolute Gasteiger partial charge is 0.226 e. The Morgan fingerprint density at radius 2 is 2.10 bits per heavy atom. The fourth-order valence-corrected chi connectivity index (χ4v) is 3.47. The van der Waals surface area contributed by atoms with E-state index in [1.54, 1.807) is 6.92 Å². The van der Waals surface area contributed by atoms with E-state index in [1.807, 2.05) is 42.3 Å². The zero-order valence-electron chi connectivity index (χ0n) is 16.9. The first-order chi connectivity index (χ1) is 14.0. The third-order valence-corrected chi connectivity index (χ3v) is 5.12. The van der Waals surface area contributed by atoms with Crippen molar-refractivity contribution in [2.45, 2.75) is 38.0 Å². The summed E-state index contributed by atoms with van der Waals surface area (Å²) in [6.07, 6.45) is -0.599. The van der Waals surface area contributed by atoms with Crippen molar-refractivity contribution in [3.63, 3.8) is 0 Å². The summed E-state index contributed by atoms with van der Waals surface area (Å²) < 4.78 is 11.4. The molecule has 2 heterocycles. The predicted octanol–water partition coefficient (Wildman–Crippen LogP) is 0.751. The topological polar surface area (TPSA) is 108 Å². The number of likely N-dealkylation sites (N-methyl/N-ethyl adjacent to an activating group) is 1. The Labute approximate surface area is 170 Å². The molecule has 0 saturated carbocycles. The van der Waals surface area contributed by atoms with Crippen LogP contribution in [0.3, 0.4) is 0 Å². The summed E-state index contributed by atoms with van der Waals surface area (Å²) in [6, 6.07) is 9.15. The molecule has 1 fully saturated rings. The van der Waals surface area contributed by atoms with Crippen LogP contribution >= 0.6 is 0 Å². The molecular formula is C21H29N3O5. The van der Waals surface area contributed by atoms with E-state index in [2.05, 4.69) is 10.3 Å². The maximum Gasteiger partial charge on any atom is 0.226 e. The number of oxazole rings is 1. The SMILES string of the molecule is Cc1oc(-c2ccccc2)nc1CC(=O)N[C@H]1CCO[C@H](CN(C)CCO)[C@H]1O. The molecule has 8 nitrogen and oxygen atoms in total. The van der Waals surface area contributed by atoms with E-state index in [9.17, 15) is 9.90 Å². The highest BCUT2D eigenvalue weighted by atomic mass is 16.5. The Morgan fingerprint density at radius 3 is 2.83 bits per heavy atom. The fraction of sp³-hybridized carbons (Fsp3) is 0.524. The molecule has 0 bridgehead atoms. The highest BCUT2D eigenvalue weighted by Gasteiger charge is 2.34. The molecule has 0 radical (unpaired) electrons. The van der Waals surface area contributed by atoms with Gasteiger partial charge in [-0.15, -0.1) is 0 Å². The lowest BCUT2D eigenvalue weighted by molar-refractivity contribution is -0.129. The molecule has 1 saturated heterocycles. The van der Waals surface area contributed by atoms with Gasteiger partial charge in [0.15, 0.2) is 0 Å². The molecule has 8 heteroatoms. The van der Waals surface area contributed by atoms with Gasteiger partial charge in [-0.1, -0.05) is 18.2 Å². The first-order valence-electron chi connectivity index (χ1n) is 9.88. The highest BCUT2D eigenvalue weighted by Crippen LogP contribution is 2.22. The number of benzene rings is 1. The number of aromatic nitrogens is 1. The van der Waals surface area contributed by atoms with Gasteiger partial charge in [0.2, 0.25) is 11.8 Å². The van der Waals surface area contributed by atoms with Crippen LogP contribution in [0.2, 0.25) is 0 Å². The quantitative estimate of drug-likeness (QED) is 0.597. The van der Waals surface area contributed by atoms with Crippen molar-refractivity contribution in [1.82, 2.24) is 15.2 Å². The number of hydrogen-bond acceptors (Lipinski definition) is 7. The monoisotopic (exact) mass is 403 g/mol. The van der Waals surface area contributed by atoms with Crippen molar-refractivity contribution in [1.29, 1.82) is 0 Å². The summed E-state index contributed by atoms with van der Waals surface area (Å²) >= 11 is 0. The van der Waals surface area contributed by atoms with Crippen molar-refractivity contribution < 1.29 is 24.2 Å². The summed E-state index contributed by atoms with van der Waals surface area (Å²) in [5.41, 5.74) is 1.44. The zero-order chi connectivity index (χ0) is 20.8. The third kappa shape index (κ3) is 5.63. The van der Waals surface area contributed by atoms with Crippen LogP contribution < -0.4 is 5.32 Å². The average Bonchev–Trinajstić information content (AvgIpc) is 3.06. The van der Waals surface area contributed by atoms with Crippen LogP contribution in [0.1, 0.15) is 17.9 Å². The van der Waals surface area contributed by atoms with E-state index < -0.39 is 12.2 Å². The van der Waals surface area contributed by atoms with Gasteiger partial charge in [0.1, 0.15) is 11.9 Å². The molecule has 3 rings (SSSR count). The molecule has 1 aromatic heterocycles. The molecule has 3 atom stereocenters. The van der Waals surface area contributed by atoms with E-state index in [4.69, 9.17) is 14.3 Å². The maximum atomic E-state index is 12.6. The number of aryl methyl sites for hydroxylation is 1. The Balaban J connectivity index is 1.58. The molecule has 2 aromatic rings. The minimum absolute atomic E-state index is 0.0432. The first kappa shape index (κ1) is 21.4. The zero-order valence-corrected chi connectivity index (χ0v) is 16.9. The normalized spacial score (nSPS) is 22.0. The molecule has 0 aliphatic carbocycles. The van der Waals surface area contributed by atoms with Gasteiger partial charge >= 0.3 is 0 Å². The summed E-state index contributed by atoms with van der Waals surface area (Å²) in [5.74, 6) is 0.883. The molecule has 158 valence electrons. The van der Waals surface area contributed by atoms with E-state index in [1.165, 1.54) is 0 Å². The van der Waals surface area contributed by atoms with Gasteiger partial charge in [-0.25, -0.2) is 4.98 Å². The van der Waals surface area contributed by atoms with Gasteiger partial charge in [0.05, 0.1) is 30.9 Å². The molecule has 1 aliphatic rings. The largest absolute Gasteiger partial charge is 0.441 e. The summed E-state index contributed by atoms with van der Waals surface area (Å²) in [6.45, 7) is 3.27. The van der Waals surface area contributed by atoms with Gasteiger partial charge in [-0.05, 0) is 32.5 Å². The van der Waals surface area contributed by atoms with Gasteiger partial charge < -0.3 is 29.6 Å². The van der Waals surface area contributed by atoms with Gasteiger partial charge in [0, 0.05) is 25.3 Å². The van der Waals surface area contributed by atoms with Crippen LogP contribution in [0.15, 0.2) is 34.7 Å². The predicted molar refractivity (Wildman–Crippen MR) is 107 cm³/mol. The lowest BCUT2D eigenvalue weighted by Gasteiger charge is -2.37. The van der Waals surface area contributed by atoms with Crippen LogP contribution in [0, 0.1) is 6.92 Å². The molecule has 1 aromatic carbocycles. The molecule has 0 spiro atoms. The highest BCUT2D eigenvalue weighted by molar-refractivity contribution is 5.79. The Kier molecular flexibility index (Phi) is 7.38. The Morgan fingerprint density at radius 1 is 1.34 bits per heavy atom. The molecule has 29 heavy (non-hydrogen) atoms. The molecule has 1 aliphatic heterocycles. The summed E-state index contributed by atoms with van der Waals surface area (Å²) in [4.78, 5) is 18.9. The molecule has 3 N–H and O–H groups in total. The average molecular weight is 403 g/mol. The number of aliphatic hydroxyl groups is 2. The number of nitrogens with one attached hydrogen (secondary N) is 1. The van der Waals surface area contributed by atoms with Crippen LogP contribution in [-0.2, 0) is 16.0 Å². The number of ether oxygens (including phenoxy) is 1. The van der Waals surface area contributed by atoms with Gasteiger partial charge in [-0.2, -0.15) is 0 Å². The summed E-state index contributed by atoms with van der Waals surface area (Å²) in [7, 11) is 1.85. The first-order valence-corrected chi connectivity index (χ1v) is 9.88. The molecular weight excluding hydrogens is 374 g/mol. The second kappa shape index (κ2) is 9.98. The maximum absolute atomic E-state index is 12.6. The lowest BCUT2D eigenvalue weighted by atomic mass is 9.98. The number of rotatable bonds is 8. The second-order valence-electron chi connectivity index (χ2n) is 7.41. The number of carbonyl (C=O) groups excluding carboxylic acids is 1. The lowest BCUT2D eigenvalue weighted by Crippen LogP contribution is -2.56. The van der Waals surface area contributed by atoms with Crippen LogP contribution in [-0.4, -0.2) is 77.6 Å². The van der Waals surface area contributed by atoms with Gasteiger partial charge in [-0.3, -0.25) is 4.79 Å². The molecule has 1 amide bonds. The van der Waals surface area contributed by atoms with Crippen molar-refractivity contribution in [3.05, 3.63) is 41.8 Å². The Bertz CT molecular complexity index is 795. The molecule has 0 unspecified atom stereocenters. The van der Waals surface area contributed by atoms with Gasteiger partial charge in [0.25, 0.3) is 0 Å². The second-order valence-corrected chi connectivity index (χ2v) is 7.41.